The van der Waals surface area contributed by atoms with Gasteiger partial charge in [-0.15, -0.1) is 0 Å². The third-order valence-corrected chi connectivity index (χ3v) is 2.51. The van der Waals surface area contributed by atoms with Gasteiger partial charge in [-0.1, -0.05) is 0 Å². The molecule has 0 unspecified atom stereocenters. The fourth-order valence-corrected chi connectivity index (χ4v) is 1.63. The minimum atomic E-state index is 0.449. The molecule has 2 heterocycles. The zero-order valence-corrected chi connectivity index (χ0v) is 8.27. The van der Waals surface area contributed by atoms with E-state index in [1.807, 2.05) is 7.05 Å². The Hall–Kier alpha value is -1.63. The van der Waals surface area contributed by atoms with Crippen molar-refractivity contribution in [1.29, 1.82) is 0 Å². The summed E-state index contributed by atoms with van der Waals surface area (Å²) in [7, 11) is 1.82. The first-order valence-corrected chi connectivity index (χ1v) is 4.67. The van der Waals surface area contributed by atoms with Gasteiger partial charge < -0.3 is 5.73 Å². The van der Waals surface area contributed by atoms with Crippen LogP contribution in [0.15, 0.2) is 28.9 Å². The molecule has 0 spiro atoms. The van der Waals surface area contributed by atoms with Gasteiger partial charge in [-0.2, -0.15) is 5.10 Å². The standard InChI is InChI=1S/C7H8N6S/c1-13-7(11-4-12-13)14-6-2-5(8)9-3-10-6/h2-4H,1H3,(H2,8,9,10). The molecule has 0 saturated heterocycles. The van der Waals surface area contributed by atoms with Crippen molar-refractivity contribution in [2.45, 2.75) is 10.2 Å². The summed E-state index contributed by atoms with van der Waals surface area (Å²) in [5.41, 5.74) is 5.52. The lowest BCUT2D eigenvalue weighted by atomic mass is 10.6. The second kappa shape index (κ2) is 3.62. The van der Waals surface area contributed by atoms with Gasteiger partial charge in [-0.25, -0.2) is 19.6 Å². The van der Waals surface area contributed by atoms with Gasteiger partial charge in [0, 0.05) is 13.1 Å². The topological polar surface area (TPSA) is 82.5 Å². The predicted octanol–water partition coefficient (Wildman–Crippen LogP) is 0.339. The SMILES string of the molecule is Cn1ncnc1Sc1cc(N)ncn1. The number of nitrogens with zero attached hydrogens (tertiary/aromatic N) is 5. The van der Waals surface area contributed by atoms with E-state index in [4.69, 9.17) is 5.73 Å². The third-order valence-electron chi connectivity index (χ3n) is 1.53. The Kier molecular flexibility index (Phi) is 2.32. The summed E-state index contributed by atoms with van der Waals surface area (Å²) in [6.45, 7) is 0. The van der Waals surface area contributed by atoms with Crippen LogP contribution in [0.3, 0.4) is 0 Å². The molecule has 0 aliphatic carbocycles. The highest BCUT2D eigenvalue weighted by atomic mass is 32.2. The van der Waals surface area contributed by atoms with E-state index in [1.54, 1.807) is 10.7 Å². The van der Waals surface area contributed by atoms with Crippen molar-refractivity contribution in [3.05, 3.63) is 18.7 Å². The van der Waals surface area contributed by atoms with E-state index in [0.717, 1.165) is 10.2 Å². The smallest absolute Gasteiger partial charge is 0.192 e. The molecule has 14 heavy (non-hydrogen) atoms. The number of nitrogens with two attached hydrogens (primary N) is 1. The first-order chi connectivity index (χ1) is 6.75. The number of aryl methyl sites for hydroxylation is 1. The molecule has 0 aromatic carbocycles. The molecule has 2 rings (SSSR count). The van der Waals surface area contributed by atoms with Crippen LogP contribution in [0.2, 0.25) is 0 Å². The molecule has 0 saturated carbocycles. The van der Waals surface area contributed by atoms with E-state index in [2.05, 4.69) is 20.1 Å². The van der Waals surface area contributed by atoms with Gasteiger partial charge in [0.05, 0.1) is 0 Å². The summed E-state index contributed by atoms with van der Waals surface area (Å²) in [4.78, 5) is 11.9. The Morgan fingerprint density at radius 3 is 2.79 bits per heavy atom. The van der Waals surface area contributed by atoms with Crippen molar-refractivity contribution in [2.24, 2.45) is 7.05 Å². The van der Waals surface area contributed by atoms with E-state index in [9.17, 15) is 0 Å². The fourth-order valence-electron chi connectivity index (χ4n) is 0.881. The number of hydrogen-bond acceptors (Lipinski definition) is 6. The molecule has 0 amide bonds. The maximum atomic E-state index is 5.52. The van der Waals surface area contributed by atoms with Crippen LogP contribution in [0.1, 0.15) is 0 Å². The highest BCUT2D eigenvalue weighted by Crippen LogP contribution is 2.23. The van der Waals surface area contributed by atoms with Gasteiger partial charge in [0.1, 0.15) is 23.5 Å². The molecule has 0 radical (unpaired) electrons. The first-order valence-electron chi connectivity index (χ1n) is 3.85. The number of nitrogen functional groups attached to an aromatic ring is 1. The van der Waals surface area contributed by atoms with Crippen molar-refractivity contribution < 1.29 is 0 Å². The molecule has 0 atom stereocenters. The molecule has 2 aromatic heterocycles. The first kappa shape index (κ1) is 8.95. The summed E-state index contributed by atoms with van der Waals surface area (Å²) in [5, 5.41) is 5.47. The Morgan fingerprint density at radius 2 is 2.14 bits per heavy atom. The Bertz CT molecular complexity index is 439. The summed E-state index contributed by atoms with van der Waals surface area (Å²) < 4.78 is 1.67. The average Bonchev–Trinajstić information content (AvgIpc) is 2.52. The van der Waals surface area contributed by atoms with E-state index in [1.165, 1.54) is 24.4 Å². The average molecular weight is 208 g/mol. The summed E-state index contributed by atoms with van der Waals surface area (Å²) >= 11 is 1.39. The molecular weight excluding hydrogens is 200 g/mol. The van der Waals surface area contributed by atoms with E-state index in [-0.39, 0.29) is 0 Å². The van der Waals surface area contributed by atoms with Crippen molar-refractivity contribution in [1.82, 2.24) is 24.7 Å². The zero-order chi connectivity index (χ0) is 9.97. The van der Waals surface area contributed by atoms with Crippen molar-refractivity contribution in [3.63, 3.8) is 0 Å². The van der Waals surface area contributed by atoms with Crippen LogP contribution in [0.4, 0.5) is 5.82 Å². The van der Waals surface area contributed by atoms with E-state index < -0.39 is 0 Å². The summed E-state index contributed by atoms with van der Waals surface area (Å²) in [6, 6.07) is 1.69. The van der Waals surface area contributed by atoms with E-state index >= 15 is 0 Å². The van der Waals surface area contributed by atoms with Crippen LogP contribution in [0.25, 0.3) is 0 Å². The largest absolute Gasteiger partial charge is 0.384 e. The Labute approximate surface area is 84.6 Å². The van der Waals surface area contributed by atoms with Gasteiger partial charge >= 0.3 is 0 Å². The molecule has 72 valence electrons. The quantitative estimate of drug-likeness (QED) is 0.716. The summed E-state index contributed by atoms with van der Waals surface area (Å²) in [6.07, 6.45) is 2.92. The number of anilines is 1. The molecule has 2 N–H and O–H groups in total. The normalized spacial score (nSPS) is 10.4. The lowest BCUT2D eigenvalue weighted by molar-refractivity contribution is 0.684. The summed E-state index contributed by atoms with van der Waals surface area (Å²) in [5.74, 6) is 0.449. The van der Waals surface area contributed by atoms with Crippen molar-refractivity contribution >= 4 is 17.6 Å². The zero-order valence-electron chi connectivity index (χ0n) is 7.45. The number of rotatable bonds is 2. The van der Waals surface area contributed by atoms with Gasteiger partial charge in [0.15, 0.2) is 5.16 Å². The van der Waals surface area contributed by atoms with Crippen molar-refractivity contribution in [3.8, 4) is 0 Å². The van der Waals surface area contributed by atoms with Gasteiger partial charge in [-0.3, -0.25) is 0 Å². The predicted molar refractivity (Wildman–Crippen MR) is 51.6 cm³/mol. The van der Waals surface area contributed by atoms with Crippen LogP contribution >= 0.6 is 11.8 Å². The van der Waals surface area contributed by atoms with Crippen LogP contribution in [0, 0.1) is 0 Å². The molecule has 7 heteroatoms. The van der Waals surface area contributed by atoms with Crippen LogP contribution in [0.5, 0.6) is 0 Å². The second-order valence-corrected chi connectivity index (χ2v) is 3.54. The molecule has 0 aliphatic heterocycles. The van der Waals surface area contributed by atoms with Crippen molar-refractivity contribution in [2.75, 3.05) is 5.73 Å². The molecular formula is C7H8N6S. The molecule has 0 fully saturated rings. The monoisotopic (exact) mass is 208 g/mol. The van der Waals surface area contributed by atoms with Crippen LogP contribution < -0.4 is 5.73 Å². The number of hydrogen-bond donors (Lipinski definition) is 1. The molecule has 0 bridgehead atoms. The van der Waals surface area contributed by atoms with Gasteiger partial charge in [0.25, 0.3) is 0 Å². The van der Waals surface area contributed by atoms with Gasteiger partial charge in [0.2, 0.25) is 0 Å². The molecule has 0 aliphatic rings. The Balaban J connectivity index is 2.23. The van der Waals surface area contributed by atoms with E-state index in [0.29, 0.717) is 5.82 Å². The minimum absolute atomic E-state index is 0.449. The Morgan fingerprint density at radius 1 is 1.29 bits per heavy atom. The highest BCUT2D eigenvalue weighted by molar-refractivity contribution is 7.99. The lowest BCUT2D eigenvalue weighted by Gasteiger charge is -1.99. The second-order valence-electron chi connectivity index (χ2n) is 2.55. The highest BCUT2D eigenvalue weighted by Gasteiger charge is 2.04. The minimum Gasteiger partial charge on any atom is -0.384 e. The lowest BCUT2D eigenvalue weighted by Crippen LogP contribution is -1.95. The fraction of sp³-hybridized carbons (Fsp3) is 0.143. The molecule has 6 nitrogen and oxygen atoms in total. The van der Waals surface area contributed by atoms with Gasteiger partial charge in [-0.05, 0) is 11.8 Å². The number of aromatic nitrogens is 5. The maximum Gasteiger partial charge on any atom is 0.192 e. The molecule has 2 aromatic rings. The van der Waals surface area contributed by atoms with Crippen LogP contribution in [-0.2, 0) is 7.05 Å². The third kappa shape index (κ3) is 1.82. The maximum absolute atomic E-state index is 5.52. The van der Waals surface area contributed by atoms with Crippen LogP contribution in [-0.4, -0.2) is 24.7 Å².